The van der Waals surface area contributed by atoms with E-state index in [0.717, 1.165) is 52.2 Å². The maximum Gasteiger partial charge on any atom is 0.0667 e. The molecule has 0 aliphatic carbocycles. The van der Waals surface area contributed by atoms with Gasteiger partial charge in [-0.2, -0.15) is 0 Å². The van der Waals surface area contributed by atoms with Crippen molar-refractivity contribution >= 4 is 0 Å². The zero-order valence-corrected chi connectivity index (χ0v) is 26.2. The van der Waals surface area contributed by atoms with E-state index in [1.807, 2.05) is 0 Å². The van der Waals surface area contributed by atoms with Gasteiger partial charge in [-0.1, -0.05) is 117 Å². The molecule has 1 heterocycles. The summed E-state index contributed by atoms with van der Waals surface area (Å²) in [6.45, 7) is 15.2. The summed E-state index contributed by atoms with van der Waals surface area (Å²) in [5, 5.41) is 10.9. The van der Waals surface area contributed by atoms with Crippen LogP contribution in [0.5, 0.6) is 0 Å². The average Bonchev–Trinajstić information content (AvgIpc) is 2.93. The van der Waals surface area contributed by atoms with E-state index in [1.165, 1.54) is 142 Å². The quantitative estimate of drug-likeness (QED) is 0.104. The summed E-state index contributed by atoms with van der Waals surface area (Å²) in [6, 6.07) is 0. The fourth-order valence-corrected chi connectivity index (χ4v) is 5.93. The third kappa shape index (κ3) is 21.6. The van der Waals surface area contributed by atoms with Gasteiger partial charge in [0, 0.05) is 45.8 Å². The van der Waals surface area contributed by atoms with E-state index in [9.17, 15) is 5.11 Å². The average molecular weight is 539 g/mol. The van der Waals surface area contributed by atoms with Crippen LogP contribution in [0.3, 0.4) is 0 Å². The van der Waals surface area contributed by atoms with Crippen LogP contribution in [0.1, 0.15) is 142 Å². The topological polar surface area (TPSA) is 56.0 Å². The maximum absolute atomic E-state index is 10.9. The molecule has 3 N–H and O–H groups in total. The van der Waals surface area contributed by atoms with Gasteiger partial charge in [-0.05, 0) is 45.3 Å². The molecule has 38 heavy (non-hydrogen) atoms. The van der Waals surface area contributed by atoms with Crippen molar-refractivity contribution in [1.82, 2.24) is 14.7 Å². The van der Waals surface area contributed by atoms with Crippen LogP contribution in [0.4, 0.5) is 0 Å². The maximum atomic E-state index is 10.9. The van der Waals surface area contributed by atoms with Gasteiger partial charge in [0.1, 0.15) is 0 Å². The van der Waals surface area contributed by atoms with Gasteiger partial charge in [0.05, 0.1) is 6.10 Å². The monoisotopic (exact) mass is 539 g/mol. The highest BCUT2D eigenvalue weighted by molar-refractivity contribution is 4.72. The molecule has 0 aromatic carbocycles. The standard InChI is InChI=1S/C33H70N4O/c1-3-5-7-9-11-13-15-18-22-33(38)32-37(30-28-35-24-20-17-21-25-35)31-29-36(27-23-34)26-19-16-14-12-10-8-6-4-2/h33,38H,3-32,34H2,1-2H3. The molecule has 1 aliphatic rings. The van der Waals surface area contributed by atoms with Gasteiger partial charge in [0.25, 0.3) is 0 Å². The first-order valence-electron chi connectivity index (χ1n) is 17.2. The van der Waals surface area contributed by atoms with Crippen molar-refractivity contribution in [3.8, 4) is 0 Å². The SMILES string of the molecule is CCCCCCCCCCC(O)CN(CCN(CCN)CCCCCCCCCC)CCN1CCCCC1. The van der Waals surface area contributed by atoms with Crippen molar-refractivity contribution in [1.29, 1.82) is 0 Å². The van der Waals surface area contributed by atoms with Crippen LogP contribution in [-0.4, -0.2) is 91.4 Å². The van der Waals surface area contributed by atoms with Gasteiger partial charge in [-0.25, -0.2) is 0 Å². The van der Waals surface area contributed by atoms with Crippen LogP contribution in [-0.2, 0) is 0 Å². The minimum atomic E-state index is -0.188. The predicted octanol–water partition coefficient (Wildman–Crippen LogP) is 7.07. The molecular weight excluding hydrogens is 468 g/mol. The largest absolute Gasteiger partial charge is 0.392 e. The van der Waals surface area contributed by atoms with E-state index < -0.39 is 0 Å². The Kier molecular flexibility index (Phi) is 25.4. The fraction of sp³-hybridized carbons (Fsp3) is 1.00. The van der Waals surface area contributed by atoms with Gasteiger partial charge < -0.3 is 20.6 Å². The van der Waals surface area contributed by atoms with Crippen molar-refractivity contribution in [3.05, 3.63) is 0 Å². The lowest BCUT2D eigenvalue weighted by molar-refractivity contribution is 0.0859. The number of rotatable bonds is 28. The second-order valence-corrected chi connectivity index (χ2v) is 12.2. The summed E-state index contributed by atoms with van der Waals surface area (Å²) >= 11 is 0. The van der Waals surface area contributed by atoms with Crippen molar-refractivity contribution in [2.75, 3.05) is 65.4 Å². The Morgan fingerprint density at radius 1 is 0.605 bits per heavy atom. The molecule has 0 spiro atoms. The minimum Gasteiger partial charge on any atom is -0.392 e. The van der Waals surface area contributed by atoms with Gasteiger partial charge in [0.2, 0.25) is 0 Å². The molecule has 0 saturated carbocycles. The van der Waals surface area contributed by atoms with Crippen molar-refractivity contribution in [2.45, 2.75) is 148 Å². The molecule has 1 rings (SSSR count). The summed E-state index contributed by atoms with van der Waals surface area (Å²) < 4.78 is 0. The molecule has 1 saturated heterocycles. The lowest BCUT2D eigenvalue weighted by Crippen LogP contribution is -2.44. The lowest BCUT2D eigenvalue weighted by Gasteiger charge is -2.32. The van der Waals surface area contributed by atoms with Crippen LogP contribution >= 0.6 is 0 Å². The highest BCUT2D eigenvalue weighted by Gasteiger charge is 2.16. The van der Waals surface area contributed by atoms with Gasteiger partial charge in [-0.15, -0.1) is 0 Å². The van der Waals surface area contributed by atoms with E-state index in [0.29, 0.717) is 0 Å². The first-order valence-corrected chi connectivity index (χ1v) is 17.2. The van der Waals surface area contributed by atoms with Crippen molar-refractivity contribution in [3.63, 3.8) is 0 Å². The zero-order chi connectivity index (χ0) is 27.5. The highest BCUT2D eigenvalue weighted by atomic mass is 16.3. The van der Waals surface area contributed by atoms with E-state index in [-0.39, 0.29) is 6.10 Å². The zero-order valence-electron chi connectivity index (χ0n) is 26.2. The molecule has 0 aromatic rings. The van der Waals surface area contributed by atoms with Crippen LogP contribution in [0.15, 0.2) is 0 Å². The first kappa shape index (κ1) is 35.8. The number of hydrogen-bond donors (Lipinski definition) is 2. The molecule has 0 aromatic heterocycles. The van der Waals surface area contributed by atoms with Crippen LogP contribution < -0.4 is 5.73 Å². The van der Waals surface area contributed by atoms with E-state index in [1.54, 1.807) is 0 Å². The molecule has 1 fully saturated rings. The van der Waals surface area contributed by atoms with Gasteiger partial charge in [-0.3, -0.25) is 4.90 Å². The Hall–Kier alpha value is -0.200. The first-order chi connectivity index (χ1) is 18.7. The Balaban J connectivity index is 2.36. The Morgan fingerprint density at radius 3 is 1.71 bits per heavy atom. The number of nitrogens with zero attached hydrogens (tertiary/aromatic N) is 3. The summed E-state index contributed by atoms with van der Waals surface area (Å²) in [6.07, 6.45) is 26.5. The summed E-state index contributed by atoms with van der Waals surface area (Å²) in [4.78, 5) is 7.77. The normalized spacial score (nSPS) is 15.6. The molecule has 1 unspecified atom stereocenters. The lowest BCUT2D eigenvalue weighted by atomic mass is 10.1. The van der Waals surface area contributed by atoms with Crippen LogP contribution in [0.25, 0.3) is 0 Å². The summed E-state index contributed by atoms with van der Waals surface area (Å²) in [7, 11) is 0. The molecule has 228 valence electrons. The molecular formula is C33H70N4O. The Bertz CT molecular complexity index is 472. The third-order valence-corrected chi connectivity index (χ3v) is 8.55. The molecule has 0 bridgehead atoms. The van der Waals surface area contributed by atoms with Crippen LogP contribution in [0.2, 0.25) is 0 Å². The molecule has 5 heteroatoms. The molecule has 0 radical (unpaired) electrons. The predicted molar refractivity (Wildman–Crippen MR) is 168 cm³/mol. The Morgan fingerprint density at radius 2 is 1.13 bits per heavy atom. The van der Waals surface area contributed by atoms with E-state index >= 15 is 0 Å². The molecule has 0 amide bonds. The highest BCUT2D eigenvalue weighted by Crippen LogP contribution is 2.13. The number of aliphatic hydroxyl groups excluding tert-OH is 1. The number of aliphatic hydroxyl groups is 1. The summed E-state index contributed by atoms with van der Waals surface area (Å²) in [5.41, 5.74) is 5.98. The van der Waals surface area contributed by atoms with Gasteiger partial charge in [0.15, 0.2) is 0 Å². The van der Waals surface area contributed by atoms with Crippen LogP contribution in [0, 0.1) is 0 Å². The minimum absolute atomic E-state index is 0.188. The fourth-order valence-electron chi connectivity index (χ4n) is 5.93. The number of unbranched alkanes of at least 4 members (excludes halogenated alkanes) is 14. The smallest absolute Gasteiger partial charge is 0.0667 e. The summed E-state index contributed by atoms with van der Waals surface area (Å²) in [5.74, 6) is 0. The Labute approximate surface area is 239 Å². The number of piperidine rings is 1. The second kappa shape index (κ2) is 27.0. The molecule has 1 atom stereocenters. The number of nitrogens with two attached hydrogens (primary N) is 1. The number of hydrogen-bond acceptors (Lipinski definition) is 5. The van der Waals surface area contributed by atoms with Gasteiger partial charge >= 0.3 is 0 Å². The van der Waals surface area contributed by atoms with E-state index in [2.05, 4.69) is 28.5 Å². The van der Waals surface area contributed by atoms with Crippen molar-refractivity contribution in [2.24, 2.45) is 5.73 Å². The molecule has 5 nitrogen and oxygen atoms in total. The van der Waals surface area contributed by atoms with E-state index in [4.69, 9.17) is 5.73 Å². The molecule has 1 aliphatic heterocycles. The number of likely N-dealkylation sites (tertiary alicyclic amines) is 1. The second-order valence-electron chi connectivity index (χ2n) is 12.2. The van der Waals surface area contributed by atoms with Crippen molar-refractivity contribution < 1.29 is 5.11 Å². The third-order valence-electron chi connectivity index (χ3n) is 8.55.